The number of benzene rings is 1. The fraction of sp³-hybridized carbons (Fsp3) is 0.200. The second-order valence-corrected chi connectivity index (χ2v) is 3.25. The molecule has 0 aromatic heterocycles. The van der Waals surface area contributed by atoms with Gasteiger partial charge in [-0.2, -0.15) is 0 Å². The van der Waals surface area contributed by atoms with Crippen LogP contribution >= 0.6 is 0 Å². The summed E-state index contributed by atoms with van der Waals surface area (Å²) in [6.07, 6.45) is 0. The lowest BCUT2D eigenvalue weighted by Gasteiger charge is -2.19. The second-order valence-electron chi connectivity index (χ2n) is 3.25. The first kappa shape index (κ1) is 8.74. The van der Waals surface area contributed by atoms with E-state index in [1.54, 1.807) is 25.1 Å². The van der Waals surface area contributed by atoms with Crippen LogP contribution in [0.2, 0.25) is 0 Å². The zero-order chi connectivity index (χ0) is 10.2. The summed E-state index contributed by atoms with van der Waals surface area (Å²) in [5, 5.41) is 2.65. The number of carbonyl (C=O) groups excluding carboxylic acids is 2. The maximum absolute atomic E-state index is 11.5. The van der Waals surface area contributed by atoms with Gasteiger partial charge in [0.2, 0.25) is 5.60 Å². The molecule has 0 bridgehead atoms. The zero-order valence-corrected chi connectivity index (χ0v) is 7.61. The van der Waals surface area contributed by atoms with E-state index in [-0.39, 0.29) is 5.91 Å². The fourth-order valence-electron chi connectivity index (χ4n) is 1.59. The molecule has 1 aliphatic heterocycles. The summed E-state index contributed by atoms with van der Waals surface area (Å²) in [6.45, 7) is 1.87. The molecule has 1 N–H and O–H groups in total. The molecule has 0 radical (unpaired) electrons. The highest BCUT2D eigenvalue weighted by Gasteiger charge is 2.44. The van der Waals surface area contributed by atoms with Crippen LogP contribution in [0.1, 0.15) is 12.5 Å². The first-order valence-electron chi connectivity index (χ1n) is 4.21. The third kappa shape index (κ3) is 1.00. The van der Waals surface area contributed by atoms with Crippen molar-refractivity contribution in [2.24, 2.45) is 0 Å². The number of rotatable bonds is 2. The molecule has 4 nitrogen and oxygen atoms in total. The van der Waals surface area contributed by atoms with E-state index in [9.17, 15) is 9.59 Å². The SMILES string of the molecule is C[C@]1(OC=O)C(=O)Nc2ccccc21. The summed E-state index contributed by atoms with van der Waals surface area (Å²) in [4.78, 5) is 21.9. The summed E-state index contributed by atoms with van der Waals surface area (Å²) < 4.78 is 4.84. The van der Waals surface area contributed by atoms with Gasteiger partial charge >= 0.3 is 0 Å². The van der Waals surface area contributed by atoms with Crippen molar-refractivity contribution >= 4 is 18.1 Å². The molecule has 1 aromatic carbocycles. The van der Waals surface area contributed by atoms with Crippen LogP contribution in [0.3, 0.4) is 0 Å². The first-order valence-corrected chi connectivity index (χ1v) is 4.21. The summed E-state index contributed by atoms with van der Waals surface area (Å²) in [6, 6.07) is 7.14. The van der Waals surface area contributed by atoms with Crippen molar-refractivity contribution in [2.45, 2.75) is 12.5 Å². The Morgan fingerprint density at radius 2 is 2.14 bits per heavy atom. The fourth-order valence-corrected chi connectivity index (χ4v) is 1.59. The van der Waals surface area contributed by atoms with Crippen LogP contribution in [0.4, 0.5) is 5.69 Å². The van der Waals surface area contributed by atoms with E-state index in [1.165, 1.54) is 0 Å². The third-order valence-corrected chi connectivity index (χ3v) is 2.41. The summed E-state index contributed by atoms with van der Waals surface area (Å²) in [5.74, 6) is -0.314. The smallest absolute Gasteiger partial charge is 0.294 e. The lowest BCUT2D eigenvalue weighted by Crippen LogP contribution is -2.33. The van der Waals surface area contributed by atoms with Crippen molar-refractivity contribution in [3.8, 4) is 0 Å². The number of amides is 1. The molecule has 1 amide bonds. The average Bonchev–Trinajstić information content (AvgIpc) is 2.41. The lowest BCUT2D eigenvalue weighted by atomic mass is 9.98. The molecule has 72 valence electrons. The predicted octanol–water partition coefficient (Wildman–Crippen LogP) is 1.03. The molecule has 1 aliphatic rings. The Labute approximate surface area is 80.9 Å². The van der Waals surface area contributed by atoms with Gasteiger partial charge in [-0.05, 0) is 13.0 Å². The Balaban J connectivity index is 2.53. The number of carbonyl (C=O) groups is 2. The van der Waals surface area contributed by atoms with Gasteiger partial charge in [0.1, 0.15) is 0 Å². The Kier molecular flexibility index (Phi) is 1.77. The molecule has 0 fully saturated rings. The number of anilines is 1. The first-order chi connectivity index (χ1) is 6.68. The minimum absolute atomic E-state index is 0.293. The molecule has 4 heteroatoms. The Morgan fingerprint density at radius 3 is 2.86 bits per heavy atom. The van der Waals surface area contributed by atoms with E-state index in [0.717, 1.165) is 0 Å². The molecule has 14 heavy (non-hydrogen) atoms. The van der Waals surface area contributed by atoms with E-state index in [1.807, 2.05) is 6.07 Å². The molecular formula is C10H9NO3. The molecule has 0 unspecified atom stereocenters. The van der Waals surface area contributed by atoms with Gasteiger partial charge in [0.05, 0.1) is 0 Å². The number of ether oxygens (including phenoxy) is 1. The van der Waals surface area contributed by atoms with Crippen LogP contribution in [0.15, 0.2) is 24.3 Å². The Hall–Kier alpha value is -1.84. The average molecular weight is 191 g/mol. The number of para-hydroxylation sites is 1. The largest absolute Gasteiger partial charge is 0.446 e. The Morgan fingerprint density at radius 1 is 1.43 bits per heavy atom. The van der Waals surface area contributed by atoms with Crippen molar-refractivity contribution in [3.05, 3.63) is 29.8 Å². The van der Waals surface area contributed by atoms with Crippen molar-refractivity contribution in [1.29, 1.82) is 0 Å². The maximum Gasteiger partial charge on any atom is 0.294 e. The van der Waals surface area contributed by atoms with Gasteiger partial charge in [0.15, 0.2) is 0 Å². The number of hydrogen-bond acceptors (Lipinski definition) is 3. The maximum atomic E-state index is 11.5. The van der Waals surface area contributed by atoms with Crippen molar-refractivity contribution in [1.82, 2.24) is 0 Å². The van der Waals surface area contributed by atoms with Crippen LogP contribution in [0.25, 0.3) is 0 Å². The second kappa shape index (κ2) is 2.83. The molecule has 0 aliphatic carbocycles. The van der Waals surface area contributed by atoms with E-state index in [2.05, 4.69) is 5.32 Å². The number of hydrogen-bond donors (Lipinski definition) is 1. The molecule has 0 spiro atoms. The van der Waals surface area contributed by atoms with Crippen LogP contribution in [-0.4, -0.2) is 12.4 Å². The zero-order valence-electron chi connectivity index (χ0n) is 7.61. The molecule has 1 aromatic rings. The minimum atomic E-state index is -1.18. The monoisotopic (exact) mass is 191 g/mol. The van der Waals surface area contributed by atoms with Crippen LogP contribution in [0, 0.1) is 0 Å². The molecule has 2 rings (SSSR count). The lowest BCUT2D eigenvalue weighted by molar-refractivity contribution is -0.153. The van der Waals surface area contributed by atoms with Crippen molar-refractivity contribution in [3.63, 3.8) is 0 Å². The Bertz CT molecular complexity index is 402. The highest BCUT2D eigenvalue weighted by atomic mass is 16.5. The van der Waals surface area contributed by atoms with Crippen LogP contribution in [-0.2, 0) is 19.9 Å². The van der Waals surface area contributed by atoms with E-state index in [0.29, 0.717) is 17.7 Å². The van der Waals surface area contributed by atoms with Crippen molar-refractivity contribution in [2.75, 3.05) is 5.32 Å². The van der Waals surface area contributed by atoms with Gasteiger partial charge < -0.3 is 10.1 Å². The third-order valence-electron chi connectivity index (χ3n) is 2.41. The molecule has 1 atom stereocenters. The van der Waals surface area contributed by atoms with Gasteiger partial charge in [-0.15, -0.1) is 0 Å². The topological polar surface area (TPSA) is 55.4 Å². The summed E-state index contributed by atoms with van der Waals surface area (Å²) in [5.41, 5.74) is 0.206. The van der Waals surface area contributed by atoms with Gasteiger partial charge in [-0.3, -0.25) is 9.59 Å². The van der Waals surface area contributed by atoms with Crippen LogP contribution in [0.5, 0.6) is 0 Å². The molecular weight excluding hydrogens is 182 g/mol. The quantitative estimate of drug-likeness (QED) is 0.710. The van der Waals surface area contributed by atoms with E-state index >= 15 is 0 Å². The van der Waals surface area contributed by atoms with Gasteiger partial charge in [-0.1, -0.05) is 18.2 Å². The number of nitrogens with one attached hydrogen (secondary N) is 1. The normalized spacial score (nSPS) is 23.9. The minimum Gasteiger partial charge on any atom is -0.446 e. The molecule has 0 saturated heterocycles. The van der Waals surface area contributed by atoms with Crippen LogP contribution < -0.4 is 5.32 Å². The highest BCUT2D eigenvalue weighted by Crippen LogP contribution is 2.37. The summed E-state index contributed by atoms with van der Waals surface area (Å²) >= 11 is 0. The van der Waals surface area contributed by atoms with Gasteiger partial charge in [-0.25, -0.2) is 0 Å². The van der Waals surface area contributed by atoms with E-state index < -0.39 is 5.60 Å². The standard InChI is InChI=1S/C10H9NO3/c1-10(14-6-12)7-4-2-3-5-8(7)11-9(10)13/h2-6H,1H3,(H,11,13)/t10-/m1/s1. The van der Waals surface area contributed by atoms with Gasteiger partial charge in [0.25, 0.3) is 12.4 Å². The van der Waals surface area contributed by atoms with E-state index in [4.69, 9.17) is 4.74 Å². The van der Waals surface area contributed by atoms with Crippen molar-refractivity contribution < 1.29 is 14.3 Å². The molecule has 0 saturated carbocycles. The highest BCUT2D eigenvalue weighted by molar-refractivity contribution is 6.05. The van der Waals surface area contributed by atoms with Gasteiger partial charge in [0, 0.05) is 11.3 Å². The predicted molar refractivity (Wildman–Crippen MR) is 49.6 cm³/mol. The number of fused-ring (bicyclic) bond motifs is 1. The molecule has 1 heterocycles. The summed E-state index contributed by atoms with van der Waals surface area (Å²) in [7, 11) is 0.